The number of amides is 1. The summed E-state index contributed by atoms with van der Waals surface area (Å²) in [7, 11) is 2.01. The van der Waals surface area contributed by atoms with E-state index in [1.807, 2.05) is 25.2 Å². The van der Waals surface area contributed by atoms with Crippen LogP contribution in [0.2, 0.25) is 0 Å². The van der Waals surface area contributed by atoms with Crippen LogP contribution < -0.4 is 5.32 Å². The van der Waals surface area contributed by atoms with Crippen molar-refractivity contribution < 1.29 is 9.18 Å². The van der Waals surface area contributed by atoms with Crippen molar-refractivity contribution in [3.8, 4) is 11.8 Å². The van der Waals surface area contributed by atoms with Gasteiger partial charge >= 0.3 is 0 Å². The molecule has 0 atom stereocenters. The Morgan fingerprint density at radius 1 is 1.12 bits per heavy atom. The normalized spacial score (nSPS) is 10.2. The minimum absolute atomic E-state index is 0.0822. The lowest BCUT2D eigenvalue weighted by molar-refractivity contribution is -0.118. The molecule has 130 valence electrons. The minimum Gasteiger partial charge on any atom is -0.344 e. The SMILES string of the molecule is CN(CC#CCNC(=O)CSc1ccc(F)cc1)Cc1ccccc1. The number of carbonyl (C=O) groups is 1. The molecule has 1 amide bonds. The fourth-order valence-corrected chi connectivity index (χ4v) is 2.81. The number of thioether (sulfide) groups is 1. The van der Waals surface area contributed by atoms with Crippen molar-refractivity contribution in [2.45, 2.75) is 11.4 Å². The van der Waals surface area contributed by atoms with Crippen molar-refractivity contribution in [3.63, 3.8) is 0 Å². The summed E-state index contributed by atoms with van der Waals surface area (Å²) < 4.78 is 12.8. The van der Waals surface area contributed by atoms with E-state index in [1.54, 1.807) is 12.1 Å². The van der Waals surface area contributed by atoms with Crippen molar-refractivity contribution in [2.75, 3.05) is 25.9 Å². The maximum absolute atomic E-state index is 12.8. The molecular weight excluding hydrogens is 335 g/mol. The zero-order valence-corrected chi connectivity index (χ0v) is 15.0. The predicted octanol–water partition coefficient (Wildman–Crippen LogP) is 3.17. The molecule has 0 bridgehead atoms. The summed E-state index contributed by atoms with van der Waals surface area (Å²) in [6, 6.07) is 16.3. The minimum atomic E-state index is -0.277. The average molecular weight is 356 g/mol. The van der Waals surface area contributed by atoms with E-state index in [4.69, 9.17) is 0 Å². The highest BCUT2D eigenvalue weighted by Crippen LogP contribution is 2.17. The molecule has 0 saturated heterocycles. The van der Waals surface area contributed by atoms with Gasteiger partial charge in [-0.1, -0.05) is 42.2 Å². The quantitative estimate of drug-likeness (QED) is 0.611. The number of nitrogens with zero attached hydrogens (tertiary/aromatic N) is 1. The van der Waals surface area contributed by atoms with Crippen LogP contribution in [0.15, 0.2) is 59.5 Å². The Labute approximate surface area is 152 Å². The van der Waals surface area contributed by atoms with E-state index in [-0.39, 0.29) is 11.7 Å². The first-order chi connectivity index (χ1) is 12.1. The van der Waals surface area contributed by atoms with Gasteiger partial charge < -0.3 is 5.32 Å². The third-order valence-electron chi connectivity index (χ3n) is 3.33. The summed E-state index contributed by atoms with van der Waals surface area (Å²) in [5, 5.41) is 2.76. The van der Waals surface area contributed by atoms with Gasteiger partial charge in [0, 0.05) is 11.4 Å². The lowest BCUT2D eigenvalue weighted by Crippen LogP contribution is -2.25. The fraction of sp³-hybridized carbons (Fsp3) is 0.250. The number of halogens is 1. The third kappa shape index (κ3) is 7.88. The first-order valence-electron chi connectivity index (χ1n) is 7.97. The monoisotopic (exact) mass is 356 g/mol. The Kier molecular flexibility index (Phi) is 8.03. The number of carbonyl (C=O) groups excluding carboxylic acids is 1. The molecule has 2 rings (SSSR count). The van der Waals surface area contributed by atoms with Crippen LogP contribution in [0.25, 0.3) is 0 Å². The van der Waals surface area contributed by atoms with Crippen LogP contribution in [0, 0.1) is 17.7 Å². The maximum Gasteiger partial charge on any atom is 0.231 e. The standard InChI is InChI=1S/C20H21FN2OS/c1-23(15-17-7-3-2-4-8-17)14-6-5-13-22-20(24)16-25-19-11-9-18(21)10-12-19/h2-4,7-12H,13-16H2,1H3,(H,22,24). The molecule has 2 aromatic rings. The molecule has 0 aromatic heterocycles. The zero-order valence-electron chi connectivity index (χ0n) is 14.2. The highest BCUT2D eigenvalue weighted by atomic mass is 32.2. The van der Waals surface area contributed by atoms with Crippen molar-refractivity contribution in [2.24, 2.45) is 0 Å². The number of benzene rings is 2. The van der Waals surface area contributed by atoms with E-state index < -0.39 is 0 Å². The highest BCUT2D eigenvalue weighted by molar-refractivity contribution is 8.00. The number of hydrogen-bond acceptors (Lipinski definition) is 3. The van der Waals surface area contributed by atoms with E-state index in [1.165, 1.54) is 29.5 Å². The molecule has 0 aliphatic rings. The zero-order chi connectivity index (χ0) is 17.9. The molecule has 5 heteroatoms. The molecule has 0 spiro atoms. The Morgan fingerprint density at radius 2 is 1.84 bits per heavy atom. The van der Waals surface area contributed by atoms with Gasteiger partial charge in [-0.3, -0.25) is 9.69 Å². The Balaban J connectivity index is 1.61. The molecule has 0 saturated carbocycles. The van der Waals surface area contributed by atoms with Crippen molar-refractivity contribution in [1.82, 2.24) is 10.2 Å². The lowest BCUT2D eigenvalue weighted by atomic mass is 10.2. The van der Waals surface area contributed by atoms with Gasteiger partial charge in [-0.05, 0) is 36.9 Å². The molecule has 25 heavy (non-hydrogen) atoms. The average Bonchev–Trinajstić information content (AvgIpc) is 2.62. The summed E-state index contributed by atoms with van der Waals surface area (Å²) in [6.07, 6.45) is 0. The lowest BCUT2D eigenvalue weighted by Gasteiger charge is -2.12. The molecule has 0 aliphatic heterocycles. The second kappa shape index (κ2) is 10.5. The van der Waals surface area contributed by atoms with Gasteiger partial charge in [-0.15, -0.1) is 11.8 Å². The van der Waals surface area contributed by atoms with Crippen molar-refractivity contribution in [1.29, 1.82) is 0 Å². The van der Waals surface area contributed by atoms with Crippen LogP contribution >= 0.6 is 11.8 Å². The fourth-order valence-electron chi connectivity index (χ4n) is 2.08. The summed E-state index contributed by atoms with van der Waals surface area (Å²) in [6.45, 7) is 1.83. The molecule has 0 aliphatic carbocycles. The molecule has 2 aromatic carbocycles. The van der Waals surface area contributed by atoms with E-state index in [9.17, 15) is 9.18 Å². The first-order valence-corrected chi connectivity index (χ1v) is 8.95. The molecule has 0 radical (unpaired) electrons. The molecule has 0 unspecified atom stereocenters. The largest absolute Gasteiger partial charge is 0.344 e. The second-order valence-electron chi connectivity index (χ2n) is 5.53. The van der Waals surface area contributed by atoms with Gasteiger partial charge in [0.05, 0.1) is 18.8 Å². The van der Waals surface area contributed by atoms with Crippen LogP contribution in [0.5, 0.6) is 0 Å². The first kappa shape index (κ1) is 19.0. The highest BCUT2D eigenvalue weighted by Gasteiger charge is 2.02. The maximum atomic E-state index is 12.8. The van der Waals surface area contributed by atoms with Gasteiger partial charge in [0.1, 0.15) is 5.82 Å². The van der Waals surface area contributed by atoms with Crippen LogP contribution in [0.4, 0.5) is 4.39 Å². The number of nitrogens with one attached hydrogen (secondary N) is 1. The second-order valence-corrected chi connectivity index (χ2v) is 6.58. The molecule has 3 nitrogen and oxygen atoms in total. The summed E-state index contributed by atoms with van der Waals surface area (Å²) in [5.74, 6) is 5.94. The van der Waals surface area contributed by atoms with Crippen LogP contribution in [-0.2, 0) is 11.3 Å². The van der Waals surface area contributed by atoms with Crippen molar-refractivity contribution >= 4 is 17.7 Å². The van der Waals surface area contributed by atoms with Crippen molar-refractivity contribution in [3.05, 3.63) is 66.0 Å². The van der Waals surface area contributed by atoms with E-state index >= 15 is 0 Å². The van der Waals surface area contributed by atoms with Gasteiger partial charge in [0.25, 0.3) is 0 Å². The smallest absolute Gasteiger partial charge is 0.231 e. The third-order valence-corrected chi connectivity index (χ3v) is 4.34. The van der Waals surface area contributed by atoms with Gasteiger partial charge in [0.2, 0.25) is 5.91 Å². The van der Waals surface area contributed by atoms with Crippen LogP contribution in [0.1, 0.15) is 5.56 Å². The summed E-state index contributed by atoms with van der Waals surface area (Å²) in [5.41, 5.74) is 1.25. The number of rotatable bonds is 7. The van der Waals surface area contributed by atoms with Gasteiger partial charge in [0.15, 0.2) is 0 Å². The van der Waals surface area contributed by atoms with E-state index in [0.29, 0.717) is 18.8 Å². The molecule has 0 fully saturated rings. The Hall–Kier alpha value is -2.29. The number of hydrogen-bond donors (Lipinski definition) is 1. The Bertz CT molecular complexity index is 723. The molecule has 1 N–H and O–H groups in total. The van der Waals surface area contributed by atoms with Gasteiger partial charge in [-0.2, -0.15) is 0 Å². The van der Waals surface area contributed by atoms with Crippen LogP contribution in [-0.4, -0.2) is 36.7 Å². The predicted molar refractivity (Wildman–Crippen MR) is 101 cm³/mol. The molecule has 0 heterocycles. The van der Waals surface area contributed by atoms with E-state index in [2.05, 4.69) is 34.2 Å². The molecular formula is C20H21FN2OS. The van der Waals surface area contributed by atoms with Crippen LogP contribution in [0.3, 0.4) is 0 Å². The summed E-state index contributed by atoms with van der Waals surface area (Å²) >= 11 is 1.37. The van der Waals surface area contributed by atoms with E-state index in [0.717, 1.165) is 11.4 Å². The van der Waals surface area contributed by atoms with Gasteiger partial charge in [-0.25, -0.2) is 4.39 Å². The topological polar surface area (TPSA) is 32.3 Å². The summed E-state index contributed by atoms with van der Waals surface area (Å²) in [4.78, 5) is 14.7. The Morgan fingerprint density at radius 3 is 2.56 bits per heavy atom.